The summed E-state index contributed by atoms with van der Waals surface area (Å²) in [6.07, 6.45) is 4.76. The Morgan fingerprint density at radius 3 is 2.65 bits per heavy atom. The molecule has 3 aromatic rings. The molecule has 0 saturated carbocycles. The number of fused-ring (bicyclic) bond motifs is 1. The van der Waals surface area contributed by atoms with E-state index in [1.165, 1.54) is 12.0 Å². The van der Waals surface area contributed by atoms with Gasteiger partial charge in [0.05, 0.1) is 22.2 Å². The average Bonchev–Trinajstić information content (AvgIpc) is 2.82. The molecule has 0 bridgehead atoms. The third kappa shape index (κ3) is 6.43. The van der Waals surface area contributed by atoms with Crippen LogP contribution in [0, 0.1) is 0 Å². The van der Waals surface area contributed by atoms with E-state index in [1.807, 2.05) is 31.2 Å². The van der Waals surface area contributed by atoms with Gasteiger partial charge >= 0.3 is 0 Å². The summed E-state index contributed by atoms with van der Waals surface area (Å²) in [7, 11) is 0. The highest BCUT2D eigenvalue weighted by molar-refractivity contribution is 6.39. The maximum atomic E-state index is 12.6. The van der Waals surface area contributed by atoms with E-state index in [4.69, 9.17) is 32.9 Å². The second kappa shape index (κ2) is 11.6. The minimum Gasteiger partial charge on any atom is -0.494 e. The summed E-state index contributed by atoms with van der Waals surface area (Å²) in [5.74, 6) is 1.61. The zero-order valence-corrected chi connectivity index (χ0v) is 20.8. The van der Waals surface area contributed by atoms with E-state index >= 15 is 0 Å². The van der Waals surface area contributed by atoms with E-state index in [0.29, 0.717) is 28.6 Å². The molecule has 178 valence electrons. The lowest BCUT2D eigenvalue weighted by Gasteiger charge is -2.17. The molecule has 0 aliphatic carbocycles. The molecule has 1 amide bonds. The Morgan fingerprint density at radius 2 is 1.88 bits per heavy atom. The number of ether oxygens (including phenoxy) is 1. The quantitative estimate of drug-likeness (QED) is 0.349. The maximum Gasteiger partial charge on any atom is 0.254 e. The number of halogens is 2. The van der Waals surface area contributed by atoms with Crippen LogP contribution in [0.2, 0.25) is 10.0 Å². The van der Waals surface area contributed by atoms with Gasteiger partial charge in [-0.1, -0.05) is 47.5 Å². The Hall–Kier alpha value is -2.76. The molecule has 2 heterocycles. The SMILES string of the molecule is CC(Cc1ccc(OCCCc2ccc3c(n2)NCCC3)cc1)NC(=O)c1c(Cl)cccc1Cl. The predicted octanol–water partition coefficient (Wildman–Crippen LogP) is 6.12. The number of carbonyl (C=O) groups is 1. The Bertz CT molecular complexity index is 1110. The van der Waals surface area contributed by atoms with E-state index in [-0.39, 0.29) is 11.9 Å². The van der Waals surface area contributed by atoms with Crippen molar-refractivity contribution in [1.29, 1.82) is 0 Å². The molecule has 2 aromatic carbocycles. The minimum atomic E-state index is -0.271. The lowest BCUT2D eigenvalue weighted by atomic mass is 10.1. The van der Waals surface area contributed by atoms with Gasteiger partial charge in [-0.05, 0) is 80.5 Å². The number of aromatic nitrogens is 1. The summed E-state index contributed by atoms with van der Waals surface area (Å²) in [5.41, 5.74) is 3.83. The average molecular weight is 498 g/mol. The monoisotopic (exact) mass is 497 g/mol. The van der Waals surface area contributed by atoms with Crippen molar-refractivity contribution in [2.45, 2.75) is 45.1 Å². The second-order valence-electron chi connectivity index (χ2n) is 8.61. The van der Waals surface area contributed by atoms with Crippen LogP contribution in [0.3, 0.4) is 0 Å². The van der Waals surface area contributed by atoms with Crippen LogP contribution in [0.1, 0.15) is 46.9 Å². The number of carbonyl (C=O) groups excluding carboxylic acids is 1. The Morgan fingerprint density at radius 1 is 1.12 bits per heavy atom. The van der Waals surface area contributed by atoms with Gasteiger partial charge in [-0.25, -0.2) is 4.98 Å². The third-order valence-corrected chi connectivity index (χ3v) is 6.46. The first-order valence-electron chi connectivity index (χ1n) is 11.7. The molecule has 0 spiro atoms. The predicted molar refractivity (Wildman–Crippen MR) is 138 cm³/mol. The number of benzene rings is 2. The molecular formula is C27H29Cl2N3O2. The molecule has 4 rings (SSSR count). The normalized spacial score (nSPS) is 13.5. The third-order valence-electron chi connectivity index (χ3n) is 5.83. The smallest absolute Gasteiger partial charge is 0.254 e. The summed E-state index contributed by atoms with van der Waals surface area (Å²) >= 11 is 12.3. The Balaban J connectivity index is 1.21. The van der Waals surface area contributed by atoms with E-state index in [0.717, 1.165) is 48.6 Å². The van der Waals surface area contributed by atoms with Crippen molar-refractivity contribution in [3.8, 4) is 5.75 Å². The van der Waals surface area contributed by atoms with Crippen LogP contribution in [0.15, 0.2) is 54.6 Å². The molecule has 34 heavy (non-hydrogen) atoms. The maximum absolute atomic E-state index is 12.6. The van der Waals surface area contributed by atoms with Gasteiger partial charge < -0.3 is 15.4 Å². The van der Waals surface area contributed by atoms with Crippen molar-refractivity contribution < 1.29 is 9.53 Å². The fourth-order valence-corrected chi connectivity index (χ4v) is 4.66. The largest absolute Gasteiger partial charge is 0.494 e. The van der Waals surface area contributed by atoms with Gasteiger partial charge in [-0.2, -0.15) is 0 Å². The van der Waals surface area contributed by atoms with Gasteiger partial charge in [0.2, 0.25) is 0 Å². The number of nitrogens with zero attached hydrogens (tertiary/aromatic N) is 1. The van der Waals surface area contributed by atoms with Gasteiger partial charge in [0.25, 0.3) is 5.91 Å². The van der Waals surface area contributed by atoms with E-state index < -0.39 is 0 Å². The zero-order chi connectivity index (χ0) is 23.9. The number of pyridine rings is 1. The molecule has 0 saturated heterocycles. The molecular weight excluding hydrogens is 469 g/mol. The summed E-state index contributed by atoms with van der Waals surface area (Å²) in [4.78, 5) is 17.3. The van der Waals surface area contributed by atoms with Crippen molar-refractivity contribution in [2.24, 2.45) is 0 Å². The lowest BCUT2D eigenvalue weighted by Crippen LogP contribution is -2.34. The summed E-state index contributed by atoms with van der Waals surface area (Å²) < 4.78 is 5.91. The Kier molecular flexibility index (Phi) is 8.30. The molecule has 5 nitrogen and oxygen atoms in total. The van der Waals surface area contributed by atoms with Crippen molar-refractivity contribution >= 4 is 34.9 Å². The molecule has 0 radical (unpaired) electrons. The molecule has 2 N–H and O–H groups in total. The molecule has 1 atom stereocenters. The first-order chi connectivity index (χ1) is 16.5. The number of aryl methyl sites for hydroxylation is 2. The Labute approximate surface area is 210 Å². The van der Waals surface area contributed by atoms with Crippen LogP contribution in [-0.4, -0.2) is 30.1 Å². The minimum absolute atomic E-state index is 0.0785. The van der Waals surface area contributed by atoms with Gasteiger partial charge in [0, 0.05) is 18.3 Å². The van der Waals surface area contributed by atoms with Crippen molar-refractivity contribution in [2.75, 3.05) is 18.5 Å². The number of rotatable bonds is 9. The van der Waals surface area contributed by atoms with Crippen LogP contribution in [-0.2, 0) is 19.3 Å². The fraction of sp³-hybridized carbons (Fsp3) is 0.333. The molecule has 7 heteroatoms. The second-order valence-corrected chi connectivity index (χ2v) is 9.43. The van der Waals surface area contributed by atoms with Crippen LogP contribution in [0.25, 0.3) is 0 Å². The lowest BCUT2D eigenvalue weighted by molar-refractivity contribution is 0.0940. The van der Waals surface area contributed by atoms with E-state index in [1.54, 1.807) is 18.2 Å². The van der Waals surface area contributed by atoms with E-state index in [2.05, 4.69) is 22.8 Å². The highest BCUT2D eigenvalue weighted by Crippen LogP contribution is 2.24. The van der Waals surface area contributed by atoms with Crippen LogP contribution in [0.4, 0.5) is 5.82 Å². The highest BCUT2D eigenvalue weighted by Gasteiger charge is 2.17. The van der Waals surface area contributed by atoms with Crippen molar-refractivity contribution in [3.05, 3.63) is 87.0 Å². The zero-order valence-electron chi connectivity index (χ0n) is 19.2. The summed E-state index contributed by atoms with van der Waals surface area (Å²) in [6.45, 7) is 3.59. The van der Waals surface area contributed by atoms with Crippen molar-refractivity contribution in [3.63, 3.8) is 0 Å². The van der Waals surface area contributed by atoms with Crippen LogP contribution in [0.5, 0.6) is 5.75 Å². The van der Waals surface area contributed by atoms with Crippen LogP contribution < -0.4 is 15.4 Å². The van der Waals surface area contributed by atoms with Gasteiger partial charge in [0.15, 0.2) is 0 Å². The van der Waals surface area contributed by atoms with Gasteiger partial charge in [-0.15, -0.1) is 0 Å². The molecule has 1 aliphatic heterocycles. The standard InChI is InChI=1S/C27H29Cl2N3O2/c1-18(31-27(33)25-23(28)7-2-8-24(25)29)17-19-9-13-22(14-10-19)34-16-4-6-21-12-11-20-5-3-15-30-26(20)32-21/h2,7-14,18H,3-6,15-17H2,1H3,(H,30,32)(H,31,33). The van der Waals surface area contributed by atoms with Gasteiger partial charge in [-0.3, -0.25) is 4.79 Å². The van der Waals surface area contributed by atoms with E-state index in [9.17, 15) is 4.79 Å². The first kappa shape index (κ1) is 24.4. The molecule has 1 unspecified atom stereocenters. The summed E-state index contributed by atoms with van der Waals surface area (Å²) in [6, 6.07) is 17.3. The number of nitrogens with one attached hydrogen (secondary N) is 2. The number of hydrogen-bond acceptors (Lipinski definition) is 4. The molecule has 0 fully saturated rings. The highest BCUT2D eigenvalue weighted by atomic mass is 35.5. The molecule has 1 aliphatic rings. The van der Waals surface area contributed by atoms with Crippen LogP contribution >= 0.6 is 23.2 Å². The number of anilines is 1. The van der Waals surface area contributed by atoms with Crippen molar-refractivity contribution in [1.82, 2.24) is 10.3 Å². The fourth-order valence-electron chi connectivity index (χ4n) is 4.09. The summed E-state index contributed by atoms with van der Waals surface area (Å²) in [5, 5.41) is 7.04. The topological polar surface area (TPSA) is 63.2 Å². The number of amides is 1. The van der Waals surface area contributed by atoms with Gasteiger partial charge in [0.1, 0.15) is 11.6 Å². The number of hydrogen-bond donors (Lipinski definition) is 2. The first-order valence-corrected chi connectivity index (χ1v) is 12.4. The molecule has 1 aromatic heterocycles.